The van der Waals surface area contributed by atoms with Crippen molar-refractivity contribution in [3.63, 3.8) is 0 Å². The monoisotopic (exact) mass is 450 g/mol. The topological polar surface area (TPSA) is 68.7 Å². The zero-order valence-electron chi connectivity index (χ0n) is 18.4. The van der Waals surface area contributed by atoms with Crippen molar-refractivity contribution in [2.24, 2.45) is 0 Å². The molecule has 0 radical (unpaired) electrons. The number of rotatable bonds is 7. The summed E-state index contributed by atoms with van der Waals surface area (Å²) in [4.78, 5) is 32.3. The first-order chi connectivity index (χ1) is 15.6. The van der Waals surface area contributed by atoms with E-state index in [0.29, 0.717) is 24.3 Å². The van der Waals surface area contributed by atoms with Gasteiger partial charge in [0, 0.05) is 16.5 Å². The molecule has 2 unspecified atom stereocenters. The van der Waals surface area contributed by atoms with E-state index in [1.807, 2.05) is 67.8 Å². The van der Waals surface area contributed by atoms with Crippen LogP contribution in [-0.2, 0) is 14.3 Å². The van der Waals surface area contributed by atoms with E-state index in [4.69, 9.17) is 14.5 Å². The van der Waals surface area contributed by atoms with Crippen LogP contribution in [0.4, 0.5) is 5.69 Å². The standard InChI is InChI=1S/C25H26N2O4S/c1-4-19(25(29)30-6-3)27-20-14-17(12-13-22(20)31-21(5-2)24(27)28)18-15-32-23(26-18)16-10-8-7-9-11-16/h7-15,19,21H,4-6H2,1-3H3. The number of carbonyl (C=O) groups is 2. The molecule has 2 aromatic carbocycles. The number of aromatic nitrogens is 1. The van der Waals surface area contributed by atoms with Crippen molar-refractivity contribution in [3.05, 3.63) is 53.9 Å². The van der Waals surface area contributed by atoms with Crippen LogP contribution in [0.1, 0.15) is 33.6 Å². The van der Waals surface area contributed by atoms with Crippen LogP contribution in [0, 0.1) is 0 Å². The zero-order chi connectivity index (χ0) is 22.7. The van der Waals surface area contributed by atoms with Crippen molar-refractivity contribution in [1.29, 1.82) is 0 Å². The van der Waals surface area contributed by atoms with Gasteiger partial charge in [-0.25, -0.2) is 9.78 Å². The number of thiazole rings is 1. The van der Waals surface area contributed by atoms with E-state index in [1.165, 1.54) is 0 Å². The Morgan fingerprint density at radius 3 is 2.62 bits per heavy atom. The third-order valence-corrected chi connectivity index (χ3v) is 6.34. The fourth-order valence-electron chi connectivity index (χ4n) is 3.83. The Bertz CT molecular complexity index is 1110. The van der Waals surface area contributed by atoms with Crippen LogP contribution in [0.15, 0.2) is 53.9 Å². The van der Waals surface area contributed by atoms with Gasteiger partial charge in [0.15, 0.2) is 6.10 Å². The van der Waals surface area contributed by atoms with Gasteiger partial charge < -0.3 is 9.47 Å². The van der Waals surface area contributed by atoms with Crippen molar-refractivity contribution < 1.29 is 19.1 Å². The molecule has 6 nitrogen and oxygen atoms in total. The van der Waals surface area contributed by atoms with E-state index >= 15 is 0 Å². The lowest BCUT2D eigenvalue weighted by Gasteiger charge is -2.37. The quantitative estimate of drug-likeness (QED) is 0.456. The minimum atomic E-state index is -0.704. The van der Waals surface area contributed by atoms with Gasteiger partial charge in [-0.1, -0.05) is 44.2 Å². The summed E-state index contributed by atoms with van der Waals surface area (Å²) in [6.45, 7) is 5.80. The maximum Gasteiger partial charge on any atom is 0.329 e. The lowest BCUT2D eigenvalue weighted by molar-refractivity contribution is -0.146. The highest BCUT2D eigenvalue weighted by molar-refractivity contribution is 7.13. The molecular formula is C25H26N2O4S. The highest BCUT2D eigenvalue weighted by Crippen LogP contribution is 2.40. The van der Waals surface area contributed by atoms with Gasteiger partial charge in [-0.05, 0) is 38.0 Å². The number of fused-ring (bicyclic) bond motifs is 1. The molecule has 4 rings (SSSR count). The van der Waals surface area contributed by atoms with E-state index in [0.717, 1.165) is 21.8 Å². The second kappa shape index (κ2) is 9.53. The number of carbonyl (C=O) groups excluding carboxylic acids is 2. The molecule has 0 N–H and O–H groups in total. The van der Waals surface area contributed by atoms with Gasteiger partial charge in [-0.15, -0.1) is 11.3 Å². The number of esters is 1. The van der Waals surface area contributed by atoms with E-state index < -0.39 is 18.1 Å². The molecule has 32 heavy (non-hydrogen) atoms. The highest BCUT2D eigenvalue weighted by Gasteiger charge is 2.40. The Morgan fingerprint density at radius 1 is 1.16 bits per heavy atom. The molecule has 2 atom stereocenters. The fourth-order valence-corrected chi connectivity index (χ4v) is 4.67. The molecule has 1 aliphatic heterocycles. The molecule has 1 aliphatic rings. The summed E-state index contributed by atoms with van der Waals surface area (Å²) < 4.78 is 11.2. The van der Waals surface area contributed by atoms with Gasteiger partial charge in [0.1, 0.15) is 16.8 Å². The van der Waals surface area contributed by atoms with Gasteiger partial charge in [-0.3, -0.25) is 9.69 Å². The van der Waals surface area contributed by atoms with E-state index in [1.54, 1.807) is 23.2 Å². The molecule has 3 aromatic rings. The second-order valence-corrected chi connectivity index (χ2v) is 8.34. The van der Waals surface area contributed by atoms with Crippen LogP contribution in [0.3, 0.4) is 0 Å². The number of anilines is 1. The summed E-state index contributed by atoms with van der Waals surface area (Å²) in [5.41, 5.74) is 3.30. The average Bonchev–Trinajstić information content (AvgIpc) is 3.31. The Morgan fingerprint density at radius 2 is 1.94 bits per heavy atom. The predicted octanol–water partition coefficient (Wildman–Crippen LogP) is 5.32. The normalized spacial score (nSPS) is 16.3. The van der Waals surface area contributed by atoms with Crippen LogP contribution in [-0.4, -0.2) is 35.6 Å². The van der Waals surface area contributed by atoms with Gasteiger partial charge in [0.05, 0.1) is 18.0 Å². The Kier molecular flexibility index (Phi) is 6.55. The summed E-state index contributed by atoms with van der Waals surface area (Å²) in [5, 5.41) is 2.92. The van der Waals surface area contributed by atoms with Gasteiger partial charge >= 0.3 is 5.97 Å². The van der Waals surface area contributed by atoms with Gasteiger partial charge in [0.2, 0.25) is 0 Å². The Balaban J connectivity index is 1.75. The largest absolute Gasteiger partial charge is 0.478 e. The van der Waals surface area contributed by atoms with Crippen LogP contribution in [0.5, 0.6) is 5.75 Å². The molecule has 0 saturated heterocycles. The summed E-state index contributed by atoms with van der Waals surface area (Å²) in [7, 11) is 0. The maximum atomic E-state index is 13.2. The molecular weight excluding hydrogens is 424 g/mol. The predicted molar refractivity (Wildman–Crippen MR) is 126 cm³/mol. The number of ether oxygens (including phenoxy) is 2. The smallest absolute Gasteiger partial charge is 0.329 e. The highest BCUT2D eigenvalue weighted by atomic mass is 32.1. The number of nitrogens with zero attached hydrogens (tertiary/aromatic N) is 2. The van der Waals surface area contributed by atoms with Crippen LogP contribution in [0.25, 0.3) is 21.8 Å². The number of hydrogen-bond donors (Lipinski definition) is 0. The summed E-state index contributed by atoms with van der Waals surface area (Å²) in [5.74, 6) is -0.0433. The molecule has 1 aromatic heterocycles. The molecule has 0 fully saturated rings. The van der Waals surface area contributed by atoms with Crippen molar-refractivity contribution in [1.82, 2.24) is 4.98 Å². The summed E-state index contributed by atoms with van der Waals surface area (Å²) in [6, 6.07) is 15.0. The number of hydrogen-bond acceptors (Lipinski definition) is 6. The second-order valence-electron chi connectivity index (χ2n) is 7.49. The molecule has 0 saturated carbocycles. The van der Waals surface area contributed by atoms with Crippen molar-refractivity contribution >= 4 is 28.9 Å². The molecule has 2 heterocycles. The summed E-state index contributed by atoms with van der Waals surface area (Å²) in [6.07, 6.45) is 0.336. The van der Waals surface area contributed by atoms with Gasteiger partial charge in [0.25, 0.3) is 5.91 Å². The SMILES string of the molecule is CCOC(=O)C(CC)N1C(=O)C(CC)Oc2ccc(-c3csc(-c4ccccc4)n3)cc21. The molecule has 0 bridgehead atoms. The number of amides is 1. The van der Waals surface area contributed by atoms with E-state index in [2.05, 4.69) is 0 Å². The molecule has 1 amide bonds. The van der Waals surface area contributed by atoms with Crippen molar-refractivity contribution in [2.45, 2.75) is 45.8 Å². The minimum Gasteiger partial charge on any atom is -0.478 e. The lowest BCUT2D eigenvalue weighted by atomic mass is 10.0. The summed E-state index contributed by atoms with van der Waals surface area (Å²) >= 11 is 1.57. The third kappa shape index (κ3) is 4.12. The average molecular weight is 451 g/mol. The first-order valence-electron chi connectivity index (χ1n) is 10.9. The Hall–Kier alpha value is -3.19. The van der Waals surface area contributed by atoms with Crippen LogP contribution < -0.4 is 9.64 Å². The molecule has 0 spiro atoms. The molecule has 0 aliphatic carbocycles. The van der Waals surface area contributed by atoms with E-state index in [-0.39, 0.29) is 12.5 Å². The van der Waals surface area contributed by atoms with Gasteiger partial charge in [-0.2, -0.15) is 0 Å². The van der Waals surface area contributed by atoms with Crippen molar-refractivity contribution in [2.75, 3.05) is 11.5 Å². The first-order valence-corrected chi connectivity index (χ1v) is 11.8. The molecule has 7 heteroatoms. The van der Waals surface area contributed by atoms with Crippen molar-refractivity contribution in [3.8, 4) is 27.6 Å². The van der Waals surface area contributed by atoms with E-state index in [9.17, 15) is 9.59 Å². The molecule has 166 valence electrons. The number of benzene rings is 2. The minimum absolute atomic E-state index is 0.222. The lowest BCUT2D eigenvalue weighted by Crippen LogP contribution is -2.53. The van der Waals surface area contributed by atoms with Crippen LogP contribution in [0.2, 0.25) is 0 Å². The van der Waals surface area contributed by atoms with Crippen LogP contribution >= 0.6 is 11.3 Å². The third-order valence-electron chi connectivity index (χ3n) is 5.45. The zero-order valence-corrected chi connectivity index (χ0v) is 19.2. The fraction of sp³-hybridized carbons (Fsp3) is 0.320. The maximum absolute atomic E-state index is 13.2. The Labute approximate surface area is 191 Å². The first kappa shape index (κ1) is 22.0.